The highest BCUT2D eigenvalue weighted by Gasteiger charge is 2.47. The molecule has 16 heavy (non-hydrogen) atoms. The summed E-state index contributed by atoms with van der Waals surface area (Å²) in [7, 11) is 1.67. The third-order valence-corrected chi connectivity index (χ3v) is 3.17. The summed E-state index contributed by atoms with van der Waals surface area (Å²) >= 11 is 0. The monoisotopic (exact) mass is 217 g/mol. The highest BCUT2D eigenvalue weighted by Crippen LogP contribution is 2.52. The SMILES string of the molecule is CCc1cccc(C2(N=C=O)CC2)c1OC. The molecule has 3 heteroatoms. The van der Waals surface area contributed by atoms with Crippen molar-refractivity contribution in [2.75, 3.05) is 7.11 Å². The Kier molecular flexibility index (Phi) is 2.80. The van der Waals surface area contributed by atoms with Gasteiger partial charge in [0.25, 0.3) is 0 Å². The van der Waals surface area contributed by atoms with E-state index in [1.54, 1.807) is 13.2 Å². The van der Waals surface area contributed by atoms with E-state index in [0.717, 1.165) is 36.1 Å². The van der Waals surface area contributed by atoms with Crippen LogP contribution in [-0.4, -0.2) is 13.2 Å². The molecule has 0 radical (unpaired) electrons. The zero-order chi connectivity index (χ0) is 11.6. The van der Waals surface area contributed by atoms with Crippen molar-refractivity contribution in [3.8, 4) is 5.75 Å². The molecule has 0 heterocycles. The van der Waals surface area contributed by atoms with E-state index in [9.17, 15) is 4.79 Å². The molecule has 0 unspecified atom stereocenters. The van der Waals surface area contributed by atoms with Gasteiger partial charge in [0.1, 0.15) is 11.3 Å². The van der Waals surface area contributed by atoms with Gasteiger partial charge in [0.15, 0.2) is 0 Å². The average Bonchev–Trinajstić information content (AvgIpc) is 3.09. The molecule has 0 saturated heterocycles. The molecule has 1 fully saturated rings. The first-order valence-electron chi connectivity index (χ1n) is 5.53. The maximum Gasteiger partial charge on any atom is 0.235 e. The Hall–Kier alpha value is -1.60. The maximum atomic E-state index is 10.5. The van der Waals surface area contributed by atoms with Gasteiger partial charge in [-0.1, -0.05) is 25.1 Å². The van der Waals surface area contributed by atoms with Crippen molar-refractivity contribution >= 4 is 6.08 Å². The van der Waals surface area contributed by atoms with Gasteiger partial charge in [-0.15, -0.1) is 0 Å². The predicted molar refractivity (Wildman–Crippen MR) is 61.4 cm³/mol. The zero-order valence-corrected chi connectivity index (χ0v) is 9.62. The van der Waals surface area contributed by atoms with E-state index in [1.807, 2.05) is 18.2 Å². The van der Waals surface area contributed by atoms with Crippen LogP contribution in [0.15, 0.2) is 23.2 Å². The van der Waals surface area contributed by atoms with Crippen LogP contribution in [0.1, 0.15) is 30.9 Å². The molecule has 1 aromatic rings. The first-order valence-corrected chi connectivity index (χ1v) is 5.53. The fraction of sp³-hybridized carbons (Fsp3) is 0.462. The fourth-order valence-electron chi connectivity index (χ4n) is 2.12. The minimum Gasteiger partial charge on any atom is -0.496 e. The third kappa shape index (κ3) is 1.63. The number of benzene rings is 1. The quantitative estimate of drug-likeness (QED) is 0.574. The normalized spacial score (nSPS) is 16.4. The second kappa shape index (κ2) is 4.11. The van der Waals surface area contributed by atoms with Crippen molar-refractivity contribution in [1.29, 1.82) is 0 Å². The molecule has 0 aliphatic heterocycles. The Balaban J connectivity index is 2.52. The molecular formula is C13H15NO2. The van der Waals surface area contributed by atoms with E-state index in [2.05, 4.69) is 11.9 Å². The minimum atomic E-state index is -0.349. The van der Waals surface area contributed by atoms with Gasteiger partial charge in [0, 0.05) is 5.56 Å². The summed E-state index contributed by atoms with van der Waals surface area (Å²) < 4.78 is 5.45. The van der Waals surface area contributed by atoms with Crippen molar-refractivity contribution in [3.05, 3.63) is 29.3 Å². The number of hydrogen-bond donors (Lipinski definition) is 0. The lowest BCUT2D eigenvalue weighted by Gasteiger charge is -2.16. The van der Waals surface area contributed by atoms with E-state index in [-0.39, 0.29) is 5.54 Å². The molecule has 1 aliphatic carbocycles. The predicted octanol–water partition coefficient (Wildman–Crippen LogP) is 2.58. The number of aryl methyl sites for hydroxylation is 1. The van der Waals surface area contributed by atoms with Crippen LogP contribution < -0.4 is 4.74 Å². The highest BCUT2D eigenvalue weighted by atomic mass is 16.5. The minimum absolute atomic E-state index is 0.349. The van der Waals surface area contributed by atoms with Crippen LogP contribution in [0.25, 0.3) is 0 Å². The van der Waals surface area contributed by atoms with Crippen LogP contribution in [0.2, 0.25) is 0 Å². The van der Waals surface area contributed by atoms with Crippen LogP contribution in [0.3, 0.4) is 0 Å². The maximum absolute atomic E-state index is 10.5. The van der Waals surface area contributed by atoms with Gasteiger partial charge in [-0.05, 0) is 24.8 Å². The summed E-state index contributed by atoms with van der Waals surface area (Å²) in [6.07, 6.45) is 4.41. The summed E-state index contributed by atoms with van der Waals surface area (Å²) in [6, 6.07) is 6.03. The average molecular weight is 217 g/mol. The standard InChI is InChI=1S/C13H15NO2/c1-3-10-5-4-6-11(12(10)16-2)13(7-8-13)14-9-15/h4-6H,3,7-8H2,1-2H3. The van der Waals surface area contributed by atoms with Crippen LogP contribution in [0, 0.1) is 0 Å². The fourth-order valence-corrected chi connectivity index (χ4v) is 2.12. The molecule has 84 valence electrons. The van der Waals surface area contributed by atoms with E-state index in [0.29, 0.717) is 0 Å². The second-order valence-electron chi connectivity index (χ2n) is 4.09. The Morgan fingerprint density at radius 3 is 2.75 bits per heavy atom. The molecule has 0 atom stereocenters. The van der Waals surface area contributed by atoms with E-state index in [1.165, 1.54) is 0 Å². The van der Waals surface area contributed by atoms with E-state index < -0.39 is 0 Å². The lowest BCUT2D eigenvalue weighted by molar-refractivity contribution is 0.399. The van der Waals surface area contributed by atoms with Gasteiger partial charge < -0.3 is 4.74 Å². The van der Waals surface area contributed by atoms with Crippen molar-refractivity contribution < 1.29 is 9.53 Å². The molecule has 2 rings (SSSR count). The Labute approximate surface area is 95.2 Å². The van der Waals surface area contributed by atoms with Crippen molar-refractivity contribution in [2.24, 2.45) is 4.99 Å². The van der Waals surface area contributed by atoms with Gasteiger partial charge in [-0.2, -0.15) is 4.99 Å². The Bertz CT molecular complexity index is 443. The van der Waals surface area contributed by atoms with E-state index >= 15 is 0 Å². The van der Waals surface area contributed by atoms with Gasteiger partial charge in [-0.3, -0.25) is 0 Å². The molecule has 0 spiro atoms. The molecule has 0 aromatic heterocycles. The van der Waals surface area contributed by atoms with Crippen molar-refractivity contribution in [3.63, 3.8) is 0 Å². The molecule has 1 aliphatic rings. The van der Waals surface area contributed by atoms with Crippen LogP contribution in [0.5, 0.6) is 5.75 Å². The lowest BCUT2D eigenvalue weighted by atomic mass is 9.99. The summed E-state index contributed by atoms with van der Waals surface area (Å²) in [6.45, 7) is 2.09. The molecular weight excluding hydrogens is 202 g/mol. The first-order chi connectivity index (χ1) is 7.77. The second-order valence-corrected chi connectivity index (χ2v) is 4.09. The molecule has 0 amide bonds. The number of ether oxygens (including phenoxy) is 1. The topological polar surface area (TPSA) is 38.7 Å². The Morgan fingerprint density at radius 1 is 1.50 bits per heavy atom. The number of methoxy groups -OCH3 is 1. The number of hydrogen-bond acceptors (Lipinski definition) is 3. The Morgan fingerprint density at radius 2 is 2.25 bits per heavy atom. The van der Waals surface area contributed by atoms with Crippen LogP contribution >= 0.6 is 0 Å². The number of carbonyl (C=O) groups excluding carboxylic acids is 1. The number of para-hydroxylation sites is 1. The highest BCUT2D eigenvalue weighted by molar-refractivity contribution is 5.50. The molecule has 3 nitrogen and oxygen atoms in total. The number of isocyanates is 1. The molecule has 1 saturated carbocycles. The summed E-state index contributed by atoms with van der Waals surface area (Å²) in [4.78, 5) is 14.4. The number of aliphatic imine (C=N–C) groups is 1. The zero-order valence-electron chi connectivity index (χ0n) is 9.62. The summed E-state index contributed by atoms with van der Waals surface area (Å²) in [5.41, 5.74) is 1.84. The first kappa shape index (κ1) is 10.9. The third-order valence-electron chi connectivity index (χ3n) is 3.17. The van der Waals surface area contributed by atoms with Gasteiger partial charge in [0.2, 0.25) is 6.08 Å². The van der Waals surface area contributed by atoms with Crippen LogP contribution in [-0.2, 0) is 16.8 Å². The van der Waals surface area contributed by atoms with Gasteiger partial charge in [0.05, 0.1) is 7.11 Å². The molecule has 0 bridgehead atoms. The van der Waals surface area contributed by atoms with Crippen molar-refractivity contribution in [1.82, 2.24) is 0 Å². The van der Waals surface area contributed by atoms with Gasteiger partial charge in [-0.25, -0.2) is 4.79 Å². The largest absolute Gasteiger partial charge is 0.496 e. The lowest BCUT2D eigenvalue weighted by Crippen LogP contribution is -2.06. The van der Waals surface area contributed by atoms with E-state index in [4.69, 9.17) is 4.74 Å². The number of rotatable bonds is 4. The molecule has 0 N–H and O–H groups in total. The van der Waals surface area contributed by atoms with Crippen molar-refractivity contribution in [2.45, 2.75) is 31.7 Å². The van der Waals surface area contributed by atoms with Crippen LogP contribution in [0.4, 0.5) is 0 Å². The number of nitrogens with zero attached hydrogens (tertiary/aromatic N) is 1. The summed E-state index contributed by atoms with van der Waals surface area (Å²) in [5, 5.41) is 0. The molecule has 1 aromatic carbocycles. The van der Waals surface area contributed by atoms with Gasteiger partial charge >= 0.3 is 0 Å². The summed E-state index contributed by atoms with van der Waals surface area (Å²) in [5.74, 6) is 0.876. The smallest absolute Gasteiger partial charge is 0.235 e.